The van der Waals surface area contributed by atoms with Gasteiger partial charge < -0.3 is 0 Å². The number of hydrogen-bond donors (Lipinski definition) is 0. The normalized spacial score (nSPS) is 2.50. The van der Waals surface area contributed by atoms with E-state index in [0.29, 0.717) is 0 Å². The summed E-state index contributed by atoms with van der Waals surface area (Å²) >= 11 is 4.85. The number of rotatable bonds is 0. The second-order valence-electron chi connectivity index (χ2n) is 0.101. The molecule has 0 saturated carbocycles. The summed E-state index contributed by atoms with van der Waals surface area (Å²) in [5, 5.41) is 0. The predicted molar refractivity (Wildman–Crippen MR) is 35.3 cm³/mol. The van der Waals surface area contributed by atoms with Crippen LogP contribution in [0, 0.1) is 0 Å². The fraction of sp³-hybridized carbons (Fsp3) is 0. The van der Waals surface area contributed by atoms with Gasteiger partial charge in [-0.25, -0.2) is 0 Å². The third-order valence-electron chi connectivity index (χ3n) is 0. The van der Waals surface area contributed by atoms with Crippen molar-refractivity contribution in [2.75, 3.05) is 0 Å². The summed E-state index contributed by atoms with van der Waals surface area (Å²) in [6, 6.07) is 0. The van der Waals surface area contributed by atoms with Crippen LogP contribution in [0.2, 0.25) is 0 Å². The van der Waals surface area contributed by atoms with Gasteiger partial charge in [0.15, 0.2) is 0 Å². The van der Waals surface area contributed by atoms with Crippen LogP contribution in [0.15, 0.2) is 0 Å². The quantitative estimate of drug-likeness (QED) is 0.361. The van der Waals surface area contributed by atoms with Crippen molar-refractivity contribution < 1.29 is 15.9 Å². The van der Waals surface area contributed by atoms with Gasteiger partial charge in [-0.15, -0.1) is 12.4 Å². The molecule has 0 nitrogen and oxygen atoms in total. The van der Waals surface area contributed by atoms with E-state index in [4.69, 9.17) is 0 Å². The zero-order valence-electron chi connectivity index (χ0n) is 1.87. The van der Waals surface area contributed by atoms with Gasteiger partial charge in [-0.2, -0.15) is 0 Å². The van der Waals surface area contributed by atoms with Gasteiger partial charge in [-0.05, 0) is 0 Å². The van der Waals surface area contributed by atoms with Gasteiger partial charge in [0.05, 0.1) is 0 Å². The van der Waals surface area contributed by atoms with Crippen molar-refractivity contribution in [1.82, 2.24) is 0 Å². The second-order valence-corrected chi connectivity index (χ2v) is 39.9. The summed E-state index contributed by atoms with van der Waals surface area (Å²) < 4.78 is 0. The Bertz CT molecular complexity index is 6.00. The summed E-state index contributed by atoms with van der Waals surface area (Å²) in [5.41, 5.74) is 0. The molecule has 0 aliphatic heterocycles. The van der Waals surface area contributed by atoms with Crippen LogP contribution in [0.3, 0.4) is 0 Å². The van der Waals surface area contributed by atoms with Crippen molar-refractivity contribution in [3.05, 3.63) is 0 Å². The van der Waals surface area contributed by atoms with Crippen molar-refractivity contribution in [2.45, 2.75) is 0 Å². The molecule has 0 fully saturated rings. The van der Waals surface area contributed by atoms with Crippen molar-refractivity contribution >= 4 is 47.7 Å². The van der Waals surface area contributed by atoms with Crippen LogP contribution in [-0.2, 0) is 15.9 Å². The molecule has 0 aromatic carbocycles. The van der Waals surface area contributed by atoms with Gasteiger partial charge in [0.25, 0.3) is 0 Å². The molecule has 0 radical (unpaired) electrons. The average molecular weight is 491 g/mol. The molecule has 0 aliphatic carbocycles. The SMILES string of the molecule is Cl.[I][Hg][I]. The van der Waals surface area contributed by atoms with Crippen LogP contribution >= 0.6 is 47.7 Å². The van der Waals surface area contributed by atoms with Crippen LogP contribution in [-0.4, -0.2) is 0 Å². The fourth-order valence-corrected chi connectivity index (χ4v) is 0. The Kier molecular flexibility index (Phi) is 22.6. The molecule has 4 heteroatoms. The molecule has 0 rings (SSSR count). The van der Waals surface area contributed by atoms with E-state index < -0.39 is 0 Å². The molecule has 0 heterocycles. The molecule has 0 aromatic rings. The zero-order chi connectivity index (χ0) is 2.71. The van der Waals surface area contributed by atoms with Gasteiger partial charge in [0, 0.05) is 0 Å². The first-order valence-corrected chi connectivity index (χ1v) is 31.5. The van der Waals surface area contributed by atoms with E-state index in [1.807, 2.05) is 0 Å². The Morgan fingerprint density at radius 3 is 1.25 bits per heavy atom. The van der Waals surface area contributed by atoms with Gasteiger partial charge in [-0.3, -0.25) is 0 Å². The van der Waals surface area contributed by atoms with E-state index in [1.165, 1.54) is 0 Å². The summed E-state index contributed by atoms with van der Waals surface area (Å²) in [6.45, 7) is 0. The molecule has 0 unspecified atom stereocenters. The zero-order valence-corrected chi connectivity index (χ0v) is 12.5. The summed E-state index contributed by atoms with van der Waals surface area (Å²) in [4.78, 5) is 0. The predicted octanol–water partition coefficient (Wildman–Crippen LogP) is 2.19. The molecule has 24 valence electrons. The van der Waals surface area contributed by atoms with E-state index in [9.17, 15) is 0 Å². The third kappa shape index (κ3) is 8.82. The van der Waals surface area contributed by atoms with Crippen LogP contribution in [0.25, 0.3) is 0 Å². The molecule has 0 spiro atoms. The molecule has 0 amide bonds. The van der Waals surface area contributed by atoms with Crippen LogP contribution in [0.5, 0.6) is 0 Å². The maximum atomic E-state index is 2.50. The third-order valence-corrected chi connectivity index (χ3v) is 0. The van der Waals surface area contributed by atoms with Crippen LogP contribution < -0.4 is 0 Å². The Morgan fingerprint density at radius 1 is 1.25 bits per heavy atom. The first kappa shape index (κ1) is 9.84. The monoisotopic (exact) mass is 492 g/mol. The average Bonchev–Trinajstić information content (AvgIpc) is 0.918. The molecule has 0 saturated heterocycles. The van der Waals surface area contributed by atoms with E-state index in [0.717, 1.165) is 0 Å². The molecular formula is HClHgI2. The van der Waals surface area contributed by atoms with E-state index in [-0.39, 0.29) is 28.3 Å². The van der Waals surface area contributed by atoms with Gasteiger partial charge >= 0.3 is 51.2 Å². The van der Waals surface area contributed by atoms with Crippen LogP contribution in [0.1, 0.15) is 0 Å². The van der Waals surface area contributed by atoms with E-state index in [2.05, 4.69) is 35.3 Å². The minimum absolute atomic E-state index is 0. The number of hydrogen-bond acceptors (Lipinski definition) is 0. The van der Waals surface area contributed by atoms with Crippen LogP contribution in [0.4, 0.5) is 0 Å². The first-order chi connectivity index (χ1) is 1.41. The molecule has 0 N–H and O–H groups in total. The maximum absolute atomic E-state index is 2.50. The Hall–Kier alpha value is 2.69. The summed E-state index contributed by atoms with van der Waals surface area (Å²) in [7, 11) is 0. The fourth-order valence-electron chi connectivity index (χ4n) is 0. The molecule has 0 bridgehead atoms. The van der Waals surface area contributed by atoms with E-state index >= 15 is 0 Å². The molecule has 4 heavy (non-hydrogen) atoms. The number of halogens is 3. The molecule has 0 aliphatic rings. The summed E-state index contributed by atoms with van der Waals surface area (Å²) in [5.74, 6) is 0. The van der Waals surface area contributed by atoms with Gasteiger partial charge in [0.2, 0.25) is 0 Å². The van der Waals surface area contributed by atoms with Crippen molar-refractivity contribution in [2.24, 2.45) is 0 Å². The molecule has 0 aromatic heterocycles. The molecule has 0 atom stereocenters. The Labute approximate surface area is 62.1 Å². The Balaban J connectivity index is 0. The minimum atomic E-state index is -0.143. The van der Waals surface area contributed by atoms with Gasteiger partial charge in [-0.1, -0.05) is 0 Å². The Morgan fingerprint density at radius 2 is 1.25 bits per heavy atom. The second kappa shape index (κ2) is 9.19. The van der Waals surface area contributed by atoms with Crippen molar-refractivity contribution in [3.63, 3.8) is 0 Å². The van der Waals surface area contributed by atoms with Gasteiger partial charge in [0.1, 0.15) is 0 Å². The van der Waals surface area contributed by atoms with Crippen molar-refractivity contribution in [3.8, 4) is 0 Å². The molecular weight excluding hydrogens is 490 g/mol. The topological polar surface area (TPSA) is 0 Å². The first-order valence-electron chi connectivity index (χ1n) is 0.535. The summed E-state index contributed by atoms with van der Waals surface area (Å²) in [6.07, 6.45) is 0. The van der Waals surface area contributed by atoms with Crippen molar-refractivity contribution in [1.29, 1.82) is 0 Å². The van der Waals surface area contributed by atoms with E-state index in [1.54, 1.807) is 0 Å². The standard InChI is InChI=1S/ClH.Hg.2HI/h1H;;2*1H/q;+2;;/p-2.